The van der Waals surface area contributed by atoms with E-state index in [4.69, 9.17) is 0 Å². The number of hydrogen-bond donors (Lipinski definition) is 0. The van der Waals surface area contributed by atoms with Crippen LogP contribution in [0.1, 0.15) is 5.69 Å². The molecule has 14 heavy (non-hydrogen) atoms. The van der Waals surface area contributed by atoms with Gasteiger partial charge in [-0.1, -0.05) is 6.07 Å². The summed E-state index contributed by atoms with van der Waals surface area (Å²) in [5.41, 5.74) is -0.00900. The van der Waals surface area contributed by atoms with Crippen LogP contribution in [-0.2, 0) is 9.53 Å². The number of pyridine rings is 1. The lowest BCUT2D eigenvalue weighted by Crippen LogP contribution is -2.14. The maximum absolute atomic E-state index is 12.6. The van der Waals surface area contributed by atoms with Gasteiger partial charge in [0.25, 0.3) is 0 Å². The molecule has 2 rings (SSSR count). The smallest absolute Gasteiger partial charge is 0.394 e. The number of cyclic esters (lactones) is 1. The number of ether oxygens (including phenoxy) is 1. The second-order valence-corrected chi connectivity index (χ2v) is 2.72. The van der Waals surface area contributed by atoms with Gasteiger partial charge in [-0.3, -0.25) is 4.98 Å². The Labute approximate surface area is 78.0 Å². The van der Waals surface area contributed by atoms with E-state index in [2.05, 4.69) is 9.72 Å². The molecule has 72 valence electrons. The van der Waals surface area contributed by atoms with Crippen LogP contribution in [0.3, 0.4) is 0 Å². The van der Waals surface area contributed by atoms with Crippen molar-refractivity contribution in [3.05, 3.63) is 36.2 Å². The second kappa shape index (κ2) is 2.87. The molecule has 0 fully saturated rings. The van der Waals surface area contributed by atoms with E-state index < -0.39 is 12.1 Å². The third-order valence-electron chi connectivity index (χ3n) is 1.70. The number of hydrogen-bond acceptors (Lipinski definition) is 3. The molecule has 0 N–H and O–H groups in total. The van der Waals surface area contributed by atoms with Gasteiger partial charge in [-0.05, 0) is 12.1 Å². The number of rotatable bonds is 1. The first-order valence-corrected chi connectivity index (χ1v) is 3.84. The standard InChI is InChI=1S/C9H5F2NO2/c10-9(11)5-6(8(13)14-9)7-3-1-2-4-12-7/h1-5H. The van der Waals surface area contributed by atoms with Crippen LogP contribution >= 0.6 is 0 Å². The fourth-order valence-corrected chi connectivity index (χ4v) is 1.14. The largest absolute Gasteiger partial charge is 0.423 e. The van der Waals surface area contributed by atoms with Gasteiger partial charge in [0, 0.05) is 12.3 Å². The maximum Gasteiger partial charge on any atom is 0.423 e. The summed E-state index contributed by atoms with van der Waals surface area (Å²) >= 11 is 0. The van der Waals surface area contributed by atoms with Crippen LogP contribution in [0.15, 0.2) is 30.5 Å². The fourth-order valence-electron chi connectivity index (χ4n) is 1.14. The molecule has 1 aromatic heterocycles. The molecule has 0 aromatic carbocycles. The Kier molecular flexibility index (Phi) is 1.80. The Morgan fingerprint density at radius 3 is 2.64 bits per heavy atom. The number of nitrogens with zero attached hydrogens (tertiary/aromatic N) is 1. The summed E-state index contributed by atoms with van der Waals surface area (Å²) in [7, 11) is 0. The normalized spacial score (nSPS) is 19.0. The molecule has 1 aliphatic rings. The van der Waals surface area contributed by atoms with Gasteiger partial charge in [-0.15, -0.1) is 0 Å². The molecule has 3 nitrogen and oxygen atoms in total. The molecule has 0 unspecified atom stereocenters. The third kappa shape index (κ3) is 1.48. The first kappa shape index (κ1) is 8.80. The summed E-state index contributed by atoms with van der Waals surface area (Å²) in [4.78, 5) is 14.8. The Balaban J connectivity index is 2.42. The highest BCUT2D eigenvalue weighted by atomic mass is 19.3. The van der Waals surface area contributed by atoms with Crippen molar-refractivity contribution < 1.29 is 18.3 Å². The molecule has 1 aliphatic heterocycles. The van der Waals surface area contributed by atoms with Gasteiger partial charge in [-0.2, -0.15) is 8.78 Å². The lowest BCUT2D eigenvalue weighted by molar-refractivity contribution is -0.194. The summed E-state index contributed by atoms with van der Waals surface area (Å²) in [6, 6.07) is 4.70. The van der Waals surface area contributed by atoms with E-state index in [9.17, 15) is 13.6 Å². The number of halogens is 2. The van der Waals surface area contributed by atoms with Crippen molar-refractivity contribution in [3.63, 3.8) is 0 Å². The van der Waals surface area contributed by atoms with Crippen molar-refractivity contribution in [3.8, 4) is 0 Å². The number of alkyl halides is 2. The van der Waals surface area contributed by atoms with E-state index in [1.165, 1.54) is 12.3 Å². The van der Waals surface area contributed by atoms with Crippen LogP contribution < -0.4 is 0 Å². The summed E-state index contributed by atoms with van der Waals surface area (Å²) in [6.07, 6.45) is -1.62. The van der Waals surface area contributed by atoms with Crippen molar-refractivity contribution >= 4 is 11.5 Å². The van der Waals surface area contributed by atoms with Gasteiger partial charge in [0.05, 0.1) is 11.3 Å². The van der Waals surface area contributed by atoms with Crippen LogP contribution in [0.5, 0.6) is 0 Å². The molecular weight excluding hydrogens is 192 g/mol. The highest BCUT2D eigenvalue weighted by molar-refractivity contribution is 6.17. The third-order valence-corrected chi connectivity index (χ3v) is 1.70. The SMILES string of the molecule is O=C1OC(F)(F)C=C1c1ccccn1. The molecule has 0 spiro atoms. The zero-order chi connectivity index (χ0) is 10.2. The first-order valence-electron chi connectivity index (χ1n) is 3.84. The minimum atomic E-state index is -3.51. The molecule has 2 heterocycles. The van der Waals surface area contributed by atoms with E-state index in [1.54, 1.807) is 12.1 Å². The van der Waals surface area contributed by atoms with Crippen LogP contribution in [0.25, 0.3) is 5.57 Å². The van der Waals surface area contributed by atoms with Crippen LogP contribution in [0, 0.1) is 0 Å². The van der Waals surface area contributed by atoms with Crippen molar-refractivity contribution in [2.45, 2.75) is 6.11 Å². The van der Waals surface area contributed by atoms with Gasteiger partial charge >= 0.3 is 12.1 Å². The predicted octanol–water partition coefficient (Wildman–Crippen LogP) is 1.61. The van der Waals surface area contributed by atoms with Crippen molar-refractivity contribution in [1.82, 2.24) is 4.98 Å². The van der Waals surface area contributed by atoms with E-state index in [-0.39, 0.29) is 11.3 Å². The van der Waals surface area contributed by atoms with Crippen LogP contribution in [0.4, 0.5) is 8.78 Å². The Hall–Kier alpha value is -1.78. The number of carbonyl (C=O) groups is 1. The molecule has 0 saturated heterocycles. The number of aromatic nitrogens is 1. The topological polar surface area (TPSA) is 39.2 Å². The van der Waals surface area contributed by atoms with E-state index in [0.717, 1.165) is 0 Å². The Morgan fingerprint density at radius 2 is 2.14 bits per heavy atom. The molecule has 0 bridgehead atoms. The second-order valence-electron chi connectivity index (χ2n) is 2.72. The maximum atomic E-state index is 12.6. The molecule has 0 aliphatic carbocycles. The van der Waals surface area contributed by atoms with E-state index in [0.29, 0.717) is 6.08 Å². The molecule has 0 atom stereocenters. The van der Waals surface area contributed by atoms with Gasteiger partial charge < -0.3 is 4.74 Å². The van der Waals surface area contributed by atoms with Gasteiger partial charge in [0.15, 0.2) is 0 Å². The Morgan fingerprint density at radius 1 is 1.36 bits per heavy atom. The summed E-state index contributed by atoms with van der Waals surface area (Å²) in [6.45, 7) is 0. The molecule has 0 saturated carbocycles. The van der Waals surface area contributed by atoms with E-state index >= 15 is 0 Å². The molecule has 5 heteroatoms. The Bertz CT molecular complexity index is 401. The van der Waals surface area contributed by atoms with Crippen LogP contribution in [-0.4, -0.2) is 17.1 Å². The minimum absolute atomic E-state index is 0.190. The monoisotopic (exact) mass is 197 g/mol. The minimum Gasteiger partial charge on any atom is -0.394 e. The highest BCUT2D eigenvalue weighted by Gasteiger charge is 2.41. The summed E-state index contributed by atoms with van der Waals surface area (Å²) < 4.78 is 29.0. The highest BCUT2D eigenvalue weighted by Crippen LogP contribution is 2.31. The molecule has 1 aromatic rings. The lowest BCUT2D eigenvalue weighted by Gasteiger charge is -2.02. The van der Waals surface area contributed by atoms with Gasteiger partial charge in [-0.25, -0.2) is 4.79 Å². The lowest BCUT2D eigenvalue weighted by atomic mass is 10.2. The predicted molar refractivity (Wildman–Crippen MR) is 43.3 cm³/mol. The number of carbonyl (C=O) groups excluding carboxylic acids is 1. The fraction of sp³-hybridized carbons (Fsp3) is 0.111. The number of esters is 1. The summed E-state index contributed by atoms with van der Waals surface area (Å²) in [5, 5.41) is 0. The van der Waals surface area contributed by atoms with Crippen molar-refractivity contribution in [1.29, 1.82) is 0 Å². The summed E-state index contributed by atoms with van der Waals surface area (Å²) in [5.74, 6) is -1.05. The quantitative estimate of drug-likeness (QED) is 0.642. The first-order chi connectivity index (χ1) is 6.58. The van der Waals surface area contributed by atoms with E-state index in [1.807, 2.05) is 0 Å². The molecule has 0 amide bonds. The van der Waals surface area contributed by atoms with Crippen LogP contribution in [0.2, 0.25) is 0 Å². The van der Waals surface area contributed by atoms with Crippen molar-refractivity contribution in [2.75, 3.05) is 0 Å². The average molecular weight is 197 g/mol. The van der Waals surface area contributed by atoms with Gasteiger partial charge in [0.1, 0.15) is 0 Å². The zero-order valence-corrected chi connectivity index (χ0v) is 6.91. The molecule has 0 radical (unpaired) electrons. The van der Waals surface area contributed by atoms with Gasteiger partial charge in [0.2, 0.25) is 0 Å². The molecular formula is C9H5F2NO2. The van der Waals surface area contributed by atoms with Crippen molar-refractivity contribution in [2.24, 2.45) is 0 Å². The average Bonchev–Trinajstić information content (AvgIpc) is 2.41. The zero-order valence-electron chi connectivity index (χ0n) is 6.91.